The van der Waals surface area contributed by atoms with Gasteiger partial charge >= 0.3 is 5.97 Å². The molecule has 1 heterocycles. The van der Waals surface area contributed by atoms with Crippen molar-refractivity contribution >= 4 is 23.6 Å². The quantitative estimate of drug-likeness (QED) is 0.223. The summed E-state index contributed by atoms with van der Waals surface area (Å²) in [4.78, 5) is 12.4. The molecule has 0 unspecified atom stereocenters. The minimum absolute atomic E-state index is 0.0878. The maximum absolute atomic E-state index is 14.1. The van der Waals surface area contributed by atoms with Crippen LogP contribution in [-0.2, 0) is 28.9 Å². The predicted octanol–water partition coefficient (Wildman–Crippen LogP) is 6.68. The molecule has 0 saturated carbocycles. The second-order valence-electron chi connectivity index (χ2n) is 10.4. The van der Waals surface area contributed by atoms with Crippen LogP contribution in [0.4, 0.5) is 14.5 Å². The van der Waals surface area contributed by atoms with E-state index in [-0.39, 0.29) is 11.4 Å². The molecule has 1 aliphatic carbocycles. The molecule has 5 nitrogen and oxygen atoms in total. The van der Waals surface area contributed by atoms with Crippen LogP contribution >= 0.6 is 11.9 Å². The first-order valence-corrected chi connectivity index (χ1v) is 13.5. The largest absolute Gasteiger partial charge is 0.487 e. The number of halogens is 2. The van der Waals surface area contributed by atoms with Gasteiger partial charge in [0, 0.05) is 22.9 Å². The average Bonchev–Trinajstić information content (AvgIpc) is 3.32. The van der Waals surface area contributed by atoms with E-state index in [0.717, 1.165) is 47.9 Å². The highest BCUT2D eigenvalue weighted by molar-refractivity contribution is 8.00. The van der Waals surface area contributed by atoms with Crippen molar-refractivity contribution in [3.05, 3.63) is 88.0 Å². The third kappa shape index (κ3) is 5.81. The number of carbonyl (C=O) groups excluding carboxylic acids is 1. The molecule has 0 atom stereocenters. The van der Waals surface area contributed by atoms with Crippen molar-refractivity contribution in [2.24, 2.45) is 5.41 Å². The van der Waals surface area contributed by atoms with E-state index in [1.54, 1.807) is 12.1 Å². The van der Waals surface area contributed by atoms with E-state index in [0.29, 0.717) is 36.8 Å². The van der Waals surface area contributed by atoms with Crippen LogP contribution in [0.3, 0.4) is 0 Å². The van der Waals surface area contributed by atoms with Gasteiger partial charge in [0.15, 0.2) is 0 Å². The summed E-state index contributed by atoms with van der Waals surface area (Å²) in [5.41, 5.74) is 5.70. The second kappa shape index (κ2) is 10.9. The number of hydrogen-bond acceptors (Lipinski definition) is 6. The van der Waals surface area contributed by atoms with E-state index in [2.05, 4.69) is 23.4 Å². The lowest BCUT2D eigenvalue weighted by Gasteiger charge is -2.42. The zero-order chi connectivity index (χ0) is 26.9. The fourth-order valence-corrected chi connectivity index (χ4v) is 6.12. The van der Waals surface area contributed by atoms with Gasteiger partial charge in [0.1, 0.15) is 24.0 Å². The van der Waals surface area contributed by atoms with Crippen molar-refractivity contribution < 1.29 is 27.8 Å². The van der Waals surface area contributed by atoms with Crippen molar-refractivity contribution in [3.8, 4) is 5.75 Å². The van der Waals surface area contributed by atoms with Gasteiger partial charge in [-0.25, -0.2) is 13.6 Å². The molecule has 0 spiro atoms. The van der Waals surface area contributed by atoms with Gasteiger partial charge in [-0.15, -0.1) is 0 Å². The molecule has 1 aliphatic heterocycles. The zero-order valence-electron chi connectivity index (χ0n) is 21.8. The molecule has 1 saturated heterocycles. The lowest BCUT2D eigenvalue weighted by atomic mass is 9.88. The van der Waals surface area contributed by atoms with Crippen molar-refractivity contribution in [2.45, 2.75) is 44.6 Å². The highest BCUT2D eigenvalue weighted by Gasteiger charge is 2.37. The third-order valence-corrected chi connectivity index (χ3v) is 8.06. The Morgan fingerprint density at radius 2 is 1.76 bits per heavy atom. The van der Waals surface area contributed by atoms with E-state index in [9.17, 15) is 13.6 Å². The molecule has 8 heteroatoms. The summed E-state index contributed by atoms with van der Waals surface area (Å²) >= 11 is 1.30. The Hall–Kier alpha value is -3.10. The minimum atomic E-state index is -0.609. The van der Waals surface area contributed by atoms with Crippen LogP contribution in [0.2, 0.25) is 0 Å². The smallest absolute Gasteiger partial charge is 0.337 e. The summed E-state index contributed by atoms with van der Waals surface area (Å²) in [6, 6.07) is 13.3. The van der Waals surface area contributed by atoms with Gasteiger partial charge in [-0.1, -0.05) is 13.0 Å². The van der Waals surface area contributed by atoms with Crippen molar-refractivity contribution in [3.63, 3.8) is 0 Å². The first-order valence-electron chi connectivity index (χ1n) is 12.7. The summed E-state index contributed by atoms with van der Waals surface area (Å²) < 4.78 is 47.0. The first-order chi connectivity index (χ1) is 18.2. The van der Waals surface area contributed by atoms with E-state index in [1.807, 2.05) is 13.0 Å². The maximum Gasteiger partial charge on any atom is 0.337 e. The van der Waals surface area contributed by atoms with Crippen LogP contribution in [0.15, 0.2) is 53.4 Å². The summed E-state index contributed by atoms with van der Waals surface area (Å²) in [6.07, 6.45) is 3.07. The van der Waals surface area contributed by atoms with Crippen molar-refractivity contribution in [1.82, 2.24) is 0 Å². The number of fused-ring (bicyclic) bond motifs is 1. The van der Waals surface area contributed by atoms with Crippen LogP contribution in [0.5, 0.6) is 5.75 Å². The van der Waals surface area contributed by atoms with E-state index in [4.69, 9.17) is 14.2 Å². The monoisotopic (exact) mass is 539 g/mol. The van der Waals surface area contributed by atoms with Crippen LogP contribution in [-0.4, -0.2) is 32.8 Å². The molecule has 0 aromatic heterocycles. The van der Waals surface area contributed by atoms with Crippen molar-refractivity contribution in [2.75, 3.05) is 31.2 Å². The molecular formula is C30H31F2NO4S. The van der Waals surface area contributed by atoms with Crippen LogP contribution in [0, 0.1) is 24.0 Å². The summed E-state index contributed by atoms with van der Waals surface area (Å²) in [5, 5.41) is 0. The molecule has 2 aliphatic rings. The third-order valence-electron chi connectivity index (χ3n) is 7.07. The Morgan fingerprint density at radius 1 is 1.05 bits per heavy atom. The number of anilines is 1. The van der Waals surface area contributed by atoms with E-state index in [1.165, 1.54) is 42.3 Å². The number of nitrogens with zero attached hydrogens (tertiary/aromatic N) is 1. The Bertz CT molecular complexity index is 1340. The van der Waals surface area contributed by atoms with Crippen LogP contribution in [0.25, 0.3) is 0 Å². The zero-order valence-corrected chi connectivity index (χ0v) is 22.6. The normalized spacial score (nSPS) is 15.5. The lowest BCUT2D eigenvalue weighted by Crippen LogP contribution is -2.47. The number of methoxy groups -OCH3 is 1. The highest BCUT2D eigenvalue weighted by Crippen LogP contribution is 2.43. The fraction of sp³-hybridized carbons (Fsp3) is 0.367. The number of aryl methyl sites for hydroxylation is 3. The van der Waals surface area contributed by atoms with Crippen LogP contribution < -0.4 is 9.04 Å². The standard InChI is InChI=1S/C30H31F2NO4S/c1-19-9-22(29(34)35-3)7-8-23(19)15-37-28-11-21-6-4-5-20(21)10-27(28)33(16-30(2)17-36-18-30)38-26-13-24(31)12-25(32)14-26/h7-14H,4-6,15-18H2,1-3H3. The van der Waals surface area contributed by atoms with Crippen LogP contribution in [0.1, 0.15) is 46.0 Å². The Kier molecular flexibility index (Phi) is 7.63. The molecule has 1 fully saturated rings. The number of rotatable bonds is 9. The summed E-state index contributed by atoms with van der Waals surface area (Å²) in [7, 11) is 1.36. The number of ether oxygens (including phenoxy) is 3. The molecule has 0 N–H and O–H groups in total. The Morgan fingerprint density at radius 3 is 2.39 bits per heavy atom. The number of hydrogen-bond donors (Lipinski definition) is 0. The highest BCUT2D eigenvalue weighted by atomic mass is 32.2. The van der Waals surface area contributed by atoms with E-state index < -0.39 is 11.6 Å². The number of esters is 1. The molecular weight excluding hydrogens is 508 g/mol. The average molecular weight is 540 g/mol. The van der Waals surface area contributed by atoms with Gasteiger partial charge < -0.3 is 18.5 Å². The topological polar surface area (TPSA) is 48.0 Å². The van der Waals surface area contributed by atoms with Crippen molar-refractivity contribution in [1.29, 1.82) is 0 Å². The Balaban J connectivity index is 1.48. The predicted molar refractivity (Wildman–Crippen MR) is 144 cm³/mol. The second-order valence-corrected chi connectivity index (χ2v) is 11.5. The molecule has 3 aromatic carbocycles. The SMILES string of the molecule is COC(=O)c1ccc(COc2cc3c(cc2N(CC2(C)COC2)Sc2cc(F)cc(F)c2)CCC3)c(C)c1. The lowest BCUT2D eigenvalue weighted by molar-refractivity contribution is -0.0939. The van der Waals surface area contributed by atoms with Gasteiger partial charge in [-0.3, -0.25) is 0 Å². The van der Waals surface area contributed by atoms with E-state index >= 15 is 0 Å². The van der Waals surface area contributed by atoms with Gasteiger partial charge in [0.25, 0.3) is 0 Å². The van der Waals surface area contributed by atoms with Gasteiger partial charge in [0.05, 0.1) is 31.6 Å². The first kappa shape index (κ1) is 26.5. The molecule has 3 aromatic rings. The molecule has 200 valence electrons. The Labute approximate surface area is 226 Å². The van der Waals surface area contributed by atoms with Gasteiger partial charge in [-0.2, -0.15) is 0 Å². The number of benzene rings is 3. The summed E-state index contributed by atoms with van der Waals surface area (Å²) in [5.74, 6) is -0.879. The molecule has 5 rings (SSSR count). The fourth-order valence-electron chi connectivity index (χ4n) is 4.92. The summed E-state index contributed by atoms with van der Waals surface area (Å²) in [6.45, 7) is 6.26. The maximum atomic E-state index is 14.1. The molecule has 38 heavy (non-hydrogen) atoms. The minimum Gasteiger partial charge on any atom is -0.487 e. The number of carbonyl (C=O) groups is 1. The molecule has 0 bridgehead atoms. The molecule has 0 radical (unpaired) electrons. The van der Waals surface area contributed by atoms with Gasteiger partial charge in [-0.05, 0) is 96.8 Å². The molecule has 0 amide bonds. The van der Waals surface area contributed by atoms with Gasteiger partial charge in [0.2, 0.25) is 0 Å².